The predicted octanol–water partition coefficient (Wildman–Crippen LogP) is 1.11. The van der Waals surface area contributed by atoms with E-state index in [1.54, 1.807) is 13.3 Å². The highest BCUT2D eigenvalue weighted by molar-refractivity contribution is 7.89. The van der Waals surface area contributed by atoms with Crippen molar-refractivity contribution in [1.29, 1.82) is 0 Å². The average molecular weight is 315 g/mol. The van der Waals surface area contributed by atoms with E-state index < -0.39 is 10.0 Å². The van der Waals surface area contributed by atoms with Crippen LogP contribution in [0.25, 0.3) is 0 Å². The molecule has 1 aliphatic carbocycles. The van der Waals surface area contributed by atoms with E-state index in [2.05, 4.69) is 9.82 Å². The minimum atomic E-state index is -3.29. The number of hydrogen-bond donors (Lipinski definition) is 1. The van der Waals surface area contributed by atoms with Gasteiger partial charge in [0.25, 0.3) is 0 Å². The summed E-state index contributed by atoms with van der Waals surface area (Å²) < 4.78 is 34.0. The van der Waals surface area contributed by atoms with Crippen LogP contribution in [0.1, 0.15) is 31.9 Å². The second kappa shape index (κ2) is 6.46. The first-order valence-corrected chi connectivity index (χ1v) is 8.97. The minimum Gasteiger partial charge on any atom is -0.380 e. The van der Waals surface area contributed by atoms with Crippen LogP contribution in [0.2, 0.25) is 0 Å². The van der Waals surface area contributed by atoms with E-state index in [4.69, 9.17) is 4.74 Å². The smallest absolute Gasteiger partial charge is 0.214 e. The van der Waals surface area contributed by atoms with Crippen molar-refractivity contribution >= 4 is 10.0 Å². The first-order valence-electron chi connectivity index (χ1n) is 7.32. The summed E-state index contributed by atoms with van der Waals surface area (Å²) in [5.41, 5.74) is 1.18. The van der Waals surface area contributed by atoms with Gasteiger partial charge in [0.05, 0.1) is 11.9 Å². The molecule has 0 aliphatic heterocycles. The van der Waals surface area contributed by atoms with Gasteiger partial charge < -0.3 is 4.74 Å². The number of nitrogens with one attached hydrogen (secondary N) is 1. The van der Waals surface area contributed by atoms with Crippen molar-refractivity contribution in [2.75, 3.05) is 19.4 Å². The fraction of sp³-hybridized carbons (Fsp3) is 0.786. The van der Waals surface area contributed by atoms with Crippen molar-refractivity contribution in [2.24, 2.45) is 18.9 Å². The molecule has 2 rings (SSSR count). The van der Waals surface area contributed by atoms with Gasteiger partial charge in [0.1, 0.15) is 0 Å². The molecule has 0 saturated heterocycles. The first-order chi connectivity index (χ1) is 9.84. The summed E-state index contributed by atoms with van der Waals surface area (Å²) >= 11 is 0. The molecule has 7 heteroatoms. The number of methoxy groups -OCH3 is 1. The number of aromatic nitrogens is 2. The zero-order chi connectivity index (χ0) is 15.6. The summed E-state index contributed by atoms with van der Waals surface area (Å²) in [5, 5.41) is 4.15. The summed E-state index contributed by atoms with van der Waals surface area (Å²) in [7, 11) is 0.180. The third kappa shape index (κ3) is 4.28. The van der Waals surface area contributed by atoms with Crippen LogP contribution in [-0.2, 0) is 21.8 Å². The average Bonchev–Trinajstić information content (AvgIpc) is 3.06. The molecule has 6 nitrogen and oxygen atoms in total. The van der Waals surface area contributed by atoms with E-state index in [0.29, 0.717) is 18.4 Å². The van der Waals surface area contributed by atoms with Crippen LogP contribution in [0.3, 0.4) is 0 Å². The van der Waals surface area contributed by atoms with Crippen molar-refractivity contribution in [3.63, 3.8) is 0 Å². The molecule has 1 unspecified atom stereocenters. The molecule has 1 aliphatic rings. The summed E-state index contributed by atoms with van der Waals surface area (Å²) in [6.07, 6.45) is 2.52. The molecule has 0 amide bonds. The summed E-state index contributed by atoms with van der Waals surface area (Å²) in [6.45, 7) is 4.42. The molecule has 1 N–H and O–H groups in total. The van der Waals surface area contributed by atoms with Gasteiger partial charge in [-0.1, -0.05) is 13.8 Å². The molecule has 0 aromatic carbocycles. The van der Waals surface area contributed by atoms with Crippen molar-refractivity contribution in [3.8, 4) is 0 Å². The summed E-state index contributed by atoms with van der Waals surface area (Å²) in [4.78, 5) is 0. The Hall–Kier alpha value is -0.920. The summed E-state index contributed by atoms with van der Waals surface area (Å²) in [6, 6.07) is 2.00. The van der Waals surface area contributed by atoms with Gasteiger partial charge in [0.15, 0.2) is 0 Å². The van der Waals surface area contributed by atoms with Crippen LogP contribution >= 0.6 is 0 Å². The number of rotatable bonds is 8. The number of aryl methyl sites for hydroxylation is 1. The van der Waals surface area contributed by atoms with Gasteiger partial charge in [-0.2, -0.15) is 5.10 Å². The lowest BCUT2D eigenvalue weighted by Gasteiger charge is -2.19. The molecule has 3 atom stereocenters. The van der Waals surface area contributed by atoms with Crippen molar-refractivity contribution in [1.82, 2.24) is 14.5 Å². The zero-order valence-electron chi connectivity index (χ0n) is 13.1. The summed E-state index contributed by atoms with van der Waals surface area (Å²) in [5.74, 6) is 0.984. The van der Waals surface area contributed by atoms with Crippen LogP contribution in [0.5, 0.6) is 0 Å². The Morgan fingerprint density at radius 3 is 2.76 bits per heavy atom. The molecule has 120 valence electrons. The van der Waals surface area contributed by atoms with Crippen LogP contribution in [0, 0.1) is 11.8 Å². The van der Waals surface area contributed by atoms with E-state index in [1.807, 2.05) is 31.6 Å². The Morgan fingerprint density at radius 1 is 1.52 bits per heavy atom. The molecule has 1 saturated carbocycles. The monoisotopic (exact) mass is 315 g/mol. The van der Waals surface area contributed by atoms with E-state index in [0.717, 1.165) is 6.42 Å². The first kappa shape index (κ1) is 16.5. The van der Waals surface area contributed by atoms with E-state index in [1.165, 1.54) is 5.69 Å². The predicted molar refractivity (Wildman–Crippen MR) is 81.5 cm³/mol. The van der Waals surface area contributed by atoms with Gasteiger partial charge in [-0.3, -0.25) is 4.68 Å². The molecule has 1 aromatic heterocycles. The fourth-order valence-electron chi connectivity index (χ4n) is 2.63. The number of sulfonamides is 1. The van der Waals surface area contributed by atoms with Crippen molar-refractivity contribution < 1.29 is 13.2 Å². The van der Waals surface area contributed by atoms with Crippen molar-refractivity contribution in [3.05, 3.63) is 18.0 Å². The Labute approximate surface area is 126 Å². The largest absolute Gasteiger partial charge is 0.380 e. The van der Waals surface area contributed by atoms with Gasteiger partial charge in [-0.05, 0) is 24.3 Å². The molecule has 0 spiro atoms. The maximum atomic E-state index is 12.1. The number of ether oxygens (including phenoxy) is 1. The molecule has 1 fully saturated rings. The third-order valence-electron chi connectivity index (χ3n) is 4.16. The highest BCUT2D eigenvalue weighted by Crippen LogP contribution is 2.46. The van der Waals surface area contributed by atoms with Gasteiger partial charge in [-0.15, -0.1) is 0 Å². The van der Waals surface area contributed by atoms with Crippen molar-refractivity contribution in [2.45, 2.75) is 32.3 Å². The Kier molecular flexibility index (Phi) is 5.06. The second-order valence-corrected chi connectivity index (χ2v) is 7.98. The molecule has 0 bridgehead atoms. The Bertz CT molecular complexity index is 568. The molecular formula is C14H25N3O3S. The van der Waals surface area contributed by atoms with Gasteiger partial charge in [-0.25, -0.2) is 13.1 Å². The van der Waals surface area contributed by atoms with Crippen LogP contribution in [-0.4, -0.2) is 43.7 Å². The standard InChI is InChI=1S/C14H25N3O3S/c1-10(2)14(20-4)9-21(18,19)16-8-11-7-12(11)13-5-6-15-17(13)3/h5-6,10-12,14,16H,7-9H2,1-4H3/t11-,12+,14?/m0/s1. The van der Waals surface area contributed by atoms with Gasteiger partial charge in [0, 0.05) is 38.5 Å². The zero-order valence-corrected chi connectivity index (χ0v) is 13.9. The number of hydrogen-bond acceptors (Lipinski definition) is 4. The van der Waals surface area contributed by atoms with Crippen LogP contribution < -0.4 is 4.72 Å². The lowest BCUT2D eigenvalue weighted by atomic mass is 10.1. The van der Waals surface area contributed by atoms with Crippen LogP contribution in [0.4, 0.5) is 0 Å². The topological polar surface area (TPSA) is 73.2 Å². The minimum absolute atomic E-state index is 0.0181. The van der Waals surface area contributed by atoms with E-state index in [-0.39, 0.29) is 17.8 Å². The lowest BCUT2D eigenvalue weighted by Crippen LogP contribution is -2.36. The second-order valence-electron chi connectivity index (χ2n) is 6.13. The molecule has 1 heterocycles. The highest BCUT2D eigenvalue weighted by atomic mass is 32.2. The van der Waals surface area contributed by atoms with Gasteiger partial charge in [0.2, 0.25) is 10.0 Å². The highest BCUT2D eigenvalue weighted by Gasteiger charge is 2.40. The van der Waals surface area contributed by atoms with Gasteiger partial charge >= 0.3 is 0 Å². The fourth-order valence-corrected chi connectivity index (χ4v) is 4.16. The molecular weight excluding hydrogens is 290 g/mol. The SMILES string of the molecule is COC(CS(=O)(=O)NC[C@@H]1C[C@H]1c1ccnn1C)C(C)C. The maximum Gasteiger partial charge on any atom is 0.214 e. The third-order valence-corrected chi connectivity index (χ3v) is 5.53. The normalized spacial score (nSPS) is 23.5. The maximum absolute atomic E-state index is 12.1. The Morgan fingerprint density at radius 2 is 2.24 bits per heavy atom. The van der Waals surface area contributed by atoms with E-state index >= 15 is 0 Å². The Balaban J connectivity index is 1.82. The quantitative estimate of drug-likeness (QED) is 0.780. The molecule has 1 aromatic rings. The number of nitrogens with zero attached hydrogens (tertiary/aromatic N) is 2. The molecule has 21 heavy (non-hydrogen) atoms. The lowest BCUT2D eigenvalue weighted by molar-refractivity contribution is 0.0826. The van der Waals surface area contributed by atoms with Crippen LogP contribution in [0.15, 0.2) is 12.3 Å². The molecule has 0 radical (unpaired) electrons. The van der Waals surface area contributed by atoms with E-state index in [9.17, 15) is 8.42 Å².